The maximum atomic E-state index is 12.5. The SMILES string of the molecule is CCO/C=C(/C(=O)O)C(=O)c1cccc(C(F)(F)F)c1. The van der Waals surface area contributed by atoms with Crippen molar-refractivity contribution in [3.05, 3.63) is 47.2 Å². The first-order valence-corrected chi connectivity index (χ1v) is 5.54. The quantitative estimate of drug-likeness (QED) is 0.297. The van der Waals surface area contributed by atoms with E-state index in [1.165, 1.54) is 0 Å². The molecule has 108 valence electrons. The Balaban J connectivity index is 3.16. The number of benzene rings is 1. The molecule has 0 aliphatic heterocycles. The molecule has 0 fully saturated rings. The molecule has 1 rings (SSSR count). The molecule has 0 radical (unpaired) electrons. The van der Waals surface area contributed by atoms with E-state index in [0.29, 0.717) is 6.07 Å². The number of hydrogen-bond donors (Lipinski definition) is 1. The lowest BCUT2D eigenvalue weighted by atomic mass is 10.0. The maximum Gasteiger partial charge on any atom is 0.416 e. The molecule has 1 N–H and O–H groups in total. The Bertz CT molecular complexity index is 547. The van der Waals surface area contributed by atoms with Crippen LogP contribution in [0.2, 0.25) is 0 Å². The monoisotopic (exact) mass is 288 g/mol. The van der Waals surface area contributed by atoms with Gasteiger partial charge < -0.3 is 9.84 Å². The third-order valence-electron chi connectivity index (χ3n) is 2.29. The second-order valence-electron chi connectivity index (χ2n) is 3.70. The second kappa shape index (κ2) is 6.23. The molecule has 0 spiro atoms. The lowest BCUT2D eigenvalue weighted by molar-refractivity contribution is -0.137. The van der Waals surface area contributed by atoms with E-state index in [9.17, 15) is 22.8 Å². The summed E-state index contributed by atoms with van der Waals surface area (Å²) in [5.74, 6) is -2.61. The second-order valence-corrected chi connectivity index (χ2v) is 3.70. The number of carbonyl (C=O) groups is 2. The minimum atomic E-state index is -4.61. The Morgan fingerprint density at radius 3 is 2.50 bits per heavy atom. The van der Waals surface area contributed by atoms with Crippen LogP contribution in [0.4, 0.5) is 13.2 Å². The van der Waals surface area contributed by atoms with Crippen molar-refractivity contribution < 1.29 is 32.6 Å². The third kappa shape index (κ3) is 3.84. The Labute approximate surface area is 112 Å². The molecule has 0 aliphatic rings. The highest BCUT2D eigenvalue weighted by molar-refractivity contribution is 6.23. The molecule has 1 aromatic rings. The van der Waals surface area contributed by atoms with Crippen LogP contribution in [0.1, 0.15) is 22.8 Å². The number of halogens is 3. The van der Waals surface area contributed by atoms with Crippen LogP contribution < -0.4 is 0 Å². The molecule has 0 heterocycles. The van der Waals surface area contributed by atoms with Gasteiger partial charge >= 0.3 is 12.1 Å². The summed E-state index contributed by atoms with van der Waals surface area (Å²) in [4.78, 5) is 22.8. The Morgan fingerprint density at radius 1 is 1.35 bits per heavy atom. The minimum absolute atomic E-state index is 0.132. The van der Waals surface area contributed by atoms with Crippen LogP contribution in [-0.2, 0) is 15.7 Å². The van der Waals surface area contributed by atoms with Gasteiger partial charge in [-0.3, -0.25) is 4.79 Å². The summed E-state index contributed by atoms with van der Waals surface area (Å²) in [5, 5.41) is 8.87. The summed E-state index contributed by atoms with van der Waals surface area (Å²) in [6, 6.07) is 3.55. The predicted molar refractivity (Wildman–Crippen MR) is 63.1 cm³/mol. The smallest absolute Gasteiger partial charge is 0.416 e. The molecule has 0 unspecified atom stereocenters. The van der Waals surface area contributed by atoms with E-state index in [0.717, 1.165) is 24.5 Å². The van der Waals surface area contributed by atoms with E-state index in [4.69, 9.17) is 9.84 Å². The number of ether oxygens (including phenoxy) is 1. The van der Waals surface area contributed by atoms with E-state index in [-0.39, 0.29) is 12.2 Å². The number of rotatable bonds is 5. The van der Waals surface area contributed by atoms with Gasteiger partial charge in [0, 0.05) is 5.56 Å². The number of hydrogen-bond acceptors (Lipinski definition) is 3. The molecule has 4 nitrogen and oxygen atoms in total. The van der Waals surface area contributed by atoms with Crippen LogP contribution >= 0.6 is 0 Å². The lowest BCUT2D eigenvalue weighted by Crippen LogP contribution is -2.14. The van der Waals surface area contributed by atoms with Crippen LogP contribution in [0.25, 0.3) is 0 Å². The van der Waals surface area contributed by atoms with E-state index in [1.807, 2.05) is 0 Å². The van der Waals surface area contributed by atoms with Crippen LogP contribution in [0.3, 0.4) is 0 Å². The largest absolute Gasteiger partial charge is 0.500 e. The van der Waals surface area contributed by atoms with Crippen molar-refractivity contribution in [2.24, 2.45) is 0 Å². The van der Waals surface area contributed by atoms with Crippen molar-refractivity contribution in [3.63, 3.8) is 0 Å². The molecule has 0 bridgehead atoms. The van der Waals surface area contributed by atoms with E-state index >= 15 is 0 Å². The average Bonchev–Trinajstić information content (AvgIpc) is 2.37. The minimum Gasteiger partial charge on any atom is -0.500 e. The standard InChI is InChI=1S/C13H11F3O4/c1-2-20-7-10(12(18)19)11(17)8-4-3-5-9(6-8)13(14,15)16/h3-7H,2H2,1H3,(H,18,19)/b10-7+. The summed E-state index contributed by atoms with van der Waals surface area (Å²) >= 11 is 0. The fourth-order valence-corrected chi connectivity index (χ4v) is 1.36. The molecule has 7 heteroatoms. The van der Waals surface area contributed by atoms with Gasteiger partial charge in [0.2, 0.25) is 5.78 Å². The van der Waals surface area contributed by atoms with Crippen molar-refractivity contribution in [2.75, 3.05) is 6.61 Å². The number of carboxylic acid groups (broad SMARTS) is 1. The molecule has 20 heavy (non-hydrogen) atoms. The van der Waals surface area contributed by atoms with E-state index in [1.54, 1.807) is 6.92 Å². The van der Waals surface area contributed by atoms with E-state index in [2.05, 4.69) is 0 Å². The topological polar surface area (TPSA) is 63.6 Å². The maximum absolute atomic E-state index is 12.5. The van der Waals surface area contributed by atoms with Crippen LogP contribution in [0, 0.1) is 0 Å². The first-order valence-electron chi connectivity index (χ1n) is 5.54. The van der Waals surface area contributed by atoms with Crippen LogP contribution in [-0.4, -0.2) is 23.5 Å². The first-order chi connectivity index (χ1) is 9.27. The molecule has 0 aliphatic carbocycles. The molecule has 0 atom stereocenters. The molecule has 0 amide bonds. The predicted octanol–water partition coefficient (Wildman–Crippen LogP) is 2.89. The Kier molecular flexibility index (Phi) is 4.90. The van der Waals surface area contributed by atoms with Crippen molar-refractivity contribution in [1.82, 2.24) is 0 Å². The van der Waals surface area contributed by atoms with Crippen molar-refractivity contribution in [2.45, 2.75) is 13.1 Å². The average molecular weight is 288 g/mol. The fraction of sp³-hybridized carbons (Fsp3) is 0.231. The Hall–Kier alpha value is -2.31. The normalized spacial score (nSPS) is 12.1. The number of Topliss-reactive ketones (excluding diaryl/α,β-unsaturated/α-hetero) is 1. The molecular weight excluding hydrogens is 277 g/mol. The van der Waals surface area contributed by atoms with Gasteiger partial charge in [0.05, 0.1) is 12.2 Å². The van der Waals surface area contributed by atoms with Gasteiger partial charge in [-0.25, -0.2) is 4.79 Å². The molecule has 0 saturated heterocycles. The third-order valence-corrected chi connectivity index (χ3v) is 2.29. The van der Waals surface area contributed by atoms with Gasteiger partial charge in [-0.05, 0) is 19.1 Å². The summed E-state index contributed by atoms with van der Waals surface area (Å²) in [5.41, 5.74) is -2.12. The molecule has 0 aromatic heterocycles. The van der Waals surface area contributed by atoms with E-state index < -0.39 is 29.1 Å². The first kappa shape index (κ1) is 15.7. The Morgan fingerprint density at radius 2 is 2.00 bits per heavy atom. The summed E-state index contributed by atoms with van der Waals surface area (Å²) in [6.07, 6.45) is -3.88. The fourth-order valence-electron chi connectivity index (χ4n) is 1.36. The van der Waals surface area contributed by atoms with Crippen LogP contribution in [0.5, 0.6) is 0 Å². The van der Waals surface area contributed by atoms with Gasteiger partial charge in [0.1, 0.15) is 11.8 Å². The number of carboxylic acids is 1. The van der Waals surface area contributed by atoms with Gasteiger partial charge in [-0.1, -0.05) is 12.1 Å². The highest BCUT2D eigenvalue weighted by Crippen LogP contribution is 2.30. The summed E-state index contributed by atoms with van der Waals surface area (Å²) in [7, 11) is 0. The number of aliphatic carboxylic acids is 1. The van der Waals surface area contributed by atoms with Gasteiger partial charge in [-0.2, -0.15) is 13.2 Å². The summed E-state index contributed by atoms with van der Waals surface area (Å²) < 4.78 is 42.3. The molecule has 0 saturated carbocycles. The zero-order chi connectivity index (χ0) is 15.3. The van der Waals surface area contributed by atoms with Crippen LogP contribution in [0.15, 0.2) is 36.1 Å². The number of carbonyl (C=O) groups excluding carboxylic acids is 1. The van der Waals surface area contributed by atoms with Crippen molar-refractivity contribution >= 4 is 11.8 Å². The lowest BCUT2D eigenvalue weighted by Gasteiger charge is -2.08. The van der Waals surface area contributed by atoms with Gasteiger partial charge in [0.25, 0.3) is 0 Å². The zero-order valence-electron chi connectivity index (χ0n) is 10.4. The van der Waals surface area contributed by atoms with Gasteiger partial charge in [0.15, 0.2) is 0 Å². The molecule has 1 aromatic carbocycles. The van der Waals surface area contributed by atoms with Gasteiger partial charge in [-0.15, -0.1) is 0 Å². The summed E-state index contributed by atoms with van der Waals surface area (Å²) in [6.45, 7) is 1.71. The van der Waals surface area contributed by atoms with Crippen molar-refractivity contribution in [3.8, 4) is 0 Å². The highest BCUT2D eigenvalue weighted by Gasteiger charge is 2.31. The van der Waals surface area contributed by atoms with Crippen molar-refractivity contribution in [1.29, 1.82) is 0 Å². The molecular formula is C13H11F3O4. The number of alkyl halides is 3. The highest BCUT2D eigenvalue weighted by atomic mass is 19.4. The number of ketones is 1. The zero-order valence-corrected chi connectivity index (χ0v) is 10.4.